The van der Waals surface area contributed by atoms with Crippen molar-refractivity contribution in [2.75, 3.05) is 0 Å². The number of carbonyl (C=O) groups excluding carboxylic acids is 1. The smallest absolute Gasteiger partial charge is 0.354 e. The van der Waals surface area contributed by atoms with Gasteiger partial charge in [0.25, 0.3) is 5.91 Å². The van der Waals surface area contributed by atoms with Crippen molar-refractivity contribution in [3.8, 4) is 0 Å². The Morgan fingerprint density at radius 1 is 1.56 bits per heavy atom. The summed E-state index contributed by atoms with van der Waals surface area (Å²) in [6.45, 7) is 2.12. The number of carboxylic acids is 1. The Labute approximate surface area is 105 Å². The predicted molar refractivity (Wildman–Crippen MR) is 65.5 cm³/mol. The van der Waals surface area contributed by atoms with Crippen molar-refractivity contribution in [2.24, 2.45) is 5.92 Å². The molecule has 2 unspecified atom stereocenters. The van der Waals surface area contributed by atoms with Crippen LogP contribution < -0.4 is 5.32 Å². The van der Waals surface area contributed by atoms with Gasteiger partial charge < -0.3 is 10.4 Å². The average molecular weight is 248 g/mol. The largest absolute Gasteiger partial charge is 0.477 e. The summed E-state index contributed by atoms with van der Waals surface area (Å²) in [5.41, 5.74) is 0.244. The zero-order chi connectivity index (χ0) is 13.1. The third-order valence-corrected chi connectivity index (χ3v) is 3.14. The summed E-state index contributed by atoms with van der Waals surface area (Å²) in [6, 6.07) is 3.08. The first-order valence-corrected chi connectivity index (χ1v) is 6.12. The summed E-state index contributed by atoms with van der Waals surface area (Å²) >= 11 is 0. The first kappa shape index (κ1) is 12.5. The number of aromatic carboxylic acids is 1. The van der Waals surface area contributed by atoms with E-state index in [0.29, 0.717) is 11.5 Å². The van der Waals surface area contributed by atoms with Crippen molar-refractivity contribution in [1.29, 1.82) is 0 Å². The molecule has 18 heavy (non-hydrogen) atoms. The number of nitrogens with one attached hydrogen (secondary N) is 1. The molecule has 0 bridgehead atoms. The molecule has 0 aliphatic heterocycles. The zero-order valence-electron chi connectivity index (χ0n) is 10.2. The number of nitrogens with zero attached hydrogens (tertiary/aromatic N) is 1. The zero-order valence-corrected chi connectivity index (χ0v) is 10.2. The van der Waals surface area contributed by atoms with Crippen LogP contribution in [0.5, 0.6) is 0 Å². The van der Waals surface area contributed by atoms with Crippen molar-refractivity contribution < 1.29 is 14.7 Å². The molecule has 1 aromatic rings. The van der Waals surface area contributed by atoms with Crippen LogP contribution in [0.1, 0.15) is 47.0 Å². The van der Waals surface area contributed by atoms with Gasteiger partial charge in [-0.2, -0.15) is 0 Å². The molecule has 1 fully saturated rings. The molecule has 5 nitrogen and oxygen atoms in total. The Balaban J connectivity index is 1.97. The van der Waals surface area contributed by atoms with Crippen LogP contribution in [0.4, 0.5) is 0 Å². The van der Waals surface area contributed by atoms with Crippen molar-refractivity contribution in [3.63, 3.8) is 0 Å². The van der Waals surface area contributed by atoms with E-state index >= 15 is 0 Å². The van der Waals surface area contributed by atoms with E-state index in [0.717, 1.165) is 19.3 Å². The number of hydrogen-bond acceptors (Lipinski definition) is 3. The van der Waals surface area contributed by atoms with Crippen molar-refractivity contribution >= 4 is 11.9 Å². The second-order valence-corrected chi connectivity index (χ2v) is 4.60. The number of amides is 1. The van der Waals surface area contributed by atoms with Crippen LogP contribution in [0, 0.1) is 5.92 Å². The normalized spacial score (nSPS) is 21.4. The number of carbonyl (C=O) groups is 2. The van der Waals surface area contributed by atoms with Crippen LogP contribution in [0.25, 0.3) is 0 Å². The van der Waals surface area contributed by atoms with Crippen molar-refractivity contribution in [2.45, 2.75) is 32.2 Å². The van der Waals surface area contributed by atoms with Gasteiger partial charge in [0, 0.05) is 17.8 Å². The fourth-order valence-electron chi connectivity index (χ4n) is 2.05. The van der Waals surface area contributed by atoms with Gasteiger partial charge in [0.15, 0.2) is 0 Å². The minimum absolute atomic E-state index is 0.108. The Hall–Kier alpha value is -1.91. The maximum Gasteiger partial charge on any atom is 0.354 e. The lowest BCUT2D eigenvalue weighted by atomic mass is 10.2. The predicted octanol–water partition coefficient (Wildman–Crippen LogP) is 1.70. The molecule has 2 rings (SSSR count). The Morgan fingerprint density at radius 3 is 3.00 bits per heavy atom. The lowest BCUT2D eigenvalue weighted by Gasteiger charge is -2.04. The molecule has 1 aliphatic rings. The lowest BCUT2D eigenvalue weighted by Crippen LogP contribution is -2.27. The van der Waals surface area contributed by atoms with Gasteiger partial charge in [-0.05, 0) is 30.9 Å². The highest BCUT2D eigenvalue weighted by atomic mass is 16.4. The van der Waals surface area contributed by atoms with Gasteiger partial charge in [0.1, 0.15) is 5.69 Å². The van der Waals surface area contributed by atoms with E-state index in [4.69, 9.17) is 5.11 Å². The number of carboxylic acid groups (broad SMARTS) is 1. The summed E-state index contributed by atoms with van der Waals surface area (Å²) in [4.78, 5) is 26.3. The minimum Gasteiger partial charge on any atom is -0.477 e. The van der Waals surface area contributed by atoms with E-state index < -0.39 is 5.97 Å². The fraction of sp³-hybridized carbons (Fsp3) is 0.462. The highest BCUT2D eigenvalue weighted by Gasteiger charge is 2.37. The summed E-state index contributed by atoms with van der Waals surface area (Å²) < 4.78 is 0. The molecule has 96 valence electrons. The first-order chi connectivity index (χ1) is 8.61. The van der Waals surface area contributed by atoms with Gasteiger partial charge in [0.2, 0.25) is 0 Å². The van der Waals surface area contributed by atoms with Crippen molar-refractivity contribution in [3.05, 3.63) is 29.6 Å². The van der Waals surface area contributed by atoms with E-state index in [9.17, 15) is 9.59 Å². The van der Waals surface area contributed by atoms with Gasteiger partial charge in [0.05, 0.1) is 0 Å². The van der Waals surface area contributed by atoms with E-state index in [2.05, 4.69) is 17.2 Å². The number of rotatable bonds is 5. The molecule has 2 N–H and O–H groups in total. The molecule has 0 saturated heterocycles. The number of pyridine rings is 1. The van der Waals surface area contributed by atoms with E-state index in [1.54, 1.807) is 0 Å². The third-order valence-electron chi connectivity index (χ3n) is 3.14. The van der Waals surface area contributed by atoms with Crippen LogP contribution in [0.3, 0.4) is 0 Å². The molecule has 1 heterocycles. The van der Waals surface area contributed by atoms with Crippen LogP contribution in [0.2, 0.25) is 0 Å². The summed E-state index contributed by atoms with van der Waals surface area (Å²) in [7, 11) is 0. The topological polar surface area (TPSA) is 79.3 Å². The molecule has 1 aromatic heterocycles. The lowest BCUT2D eigenvalue weighted by molar-refractivity contribution is 0.0690. The summed E-state index contributed by atoms with van der Waals surface area (Å²) in [6.07, 6.45) is 4.61. The molecule has 5 heteroatoms. The van der Waals surface area contributed by atoms with E-state index in [1.165, 1.54) is 18.3 Å². The third kappa shape index (κ3) is 2.85. The molecule has 1 amide bonds. The Morgan fingerprint density at radius 2 is 2.33 bits per heavy atom. The van der Waals surface area contributed by atoms with Crippen molar-refractivity contribution in [1.82, 2.24) is 10.3 Å². The van der Waals surface area contributed by atoms with Gasteiger partial charge in [-0.3, -0.25) is 4.79 Å². The van der Waals surface area contributed by atoms with Gasteiger partial charge in [-0.15, -0.1) is 0 Å². The van der Waals surface area contributed by atoms with Gasteiger partial charge in [-0.1, -0.05) is 13.3 Å². The Kier molecular flexibility index (Phi) is 3.60. The van der Waals surface area contributed by atoms with E-state index in [-0.39, 0.29) is 17.6 Å². The molecular formula is C13H16N2O3. The highest BCUT2D eigenvalue weighted by molar-refractivity contribution is 5.96. The number of hydrogen-bond donors (Lipinski definition) is 2. The van der Waals surface area contributed by atoms with Crippen LogP contribution in [0.15, 0.2) is 18.3 Å². The molecule has 1 saturated carbocycles. The summed E-state index contributed by atoms with van der Waals surface area (Å²) in [5.74, 6) is -0.761. The molecule has 0 spiro atoms. The molecule has 2 atom stereocenters. The van der Waals surface area contributed by atoms with Gasteiger partial charge in [-0.25, -0.2) is 9.78 Å². The van der Waals surface area contributed by atoms with Crippen LogP contribution in [-0.4, -0.2) is 28.0 Å². The average Bonchev–Trinajstić information content (AvgIpc) is 3.08. The van der Waals surface area contributed by atoms with Gasteiger partial charge >= 0.3 is 5.97 Å². The minimum atomic E-state index is -1.13. The molecule has 1 aliphatic carbocycles. The summed E-state index contributed by atoms with van der Waals surface area (Å²) in [5, 5.41) is 11.7. The maximum absolute atomic E-state index is 11.9. The first-order valence-electron chi connectivity index (χ1n) is 6.12. The molecule has 0 radical (unpaired) electrons. The second kappa shape index (κ2) is 5.16. The second-order valence-electron chi connectivity index (χ2n) is 4.60. The van der Waals surface area contributed by atoms with Crippen LogP contribution in [-0.2, 0) is 0 Å². The highest BCUT2D eigenvalue weighted by Crippen LogP contribution is 2.34. The Bertz CT molecular complexity index is 473. The van der Waals surface area contributed by atoms with E-state index in [1.807, 2.05) is 0 Å². The van der Waals surface area contributed by atoms with Crippen LogP contribution >= 0.6 is 0 Å². The molecular weight excluding hydrogens is 232 g/mol. The standard InChI is InChI=1S/C13H16N2O3/c1-2-3-8-6-10(8)15-12(16)9-4-5-14-11(7-9)13(17)18/h4-5,7-8,10H,2-3,6H2,1H3,(H,15,16)(H,17,18). The number of aromatic nitrogens is 1. The maximum atomic E-state index is 11.9. The molecule has 0 aromatic carbocycles. The monoisotopic (exact) mass is 248 g/mol. The quantitative estimate of drug-likeness (QED) is 0.831. The SMILES string of the molecule is CCCC1CC1NC(=O)c1ccnc(C(=O)O)c1. The fourth-order valence-corrected chi connectivity index (χ4v) is 2.05.